The molecule has 0 aromatic carbocycles. The van der Waals surface area contributed by atoms with Gasteiger partial charge in [-0.25, -0.2) is 0 Å². The molecule has 2 N–H and O–H groups in total. The predicted octanol–water partition coefficient (Wildman–Crippen LogP) is 1.68. The summed E-state index contributed by atoms with van der Waals surface area (Å²) in [4.78, 5) is 0. The fourth-order valence-corrected chi connectivity index (χ4v) is 1.82. The molecule has 0 radical (unpaired) electrons. The van der Waals surface area contributed by atoms with Crippen molar-refractivity contribution in [2.75, 3.05) is 19.7 Å². The second-order valence-electron chi connectivity index (χ2n) is 5.58. The summed E-state index contributed by atoms with van der Waals surface area (Å²) >= 11 is 0. The lowest BCUT2D eigenvalue weighted by Crippen LogP contribution is -2.34. The molecule has 0 heterocycles. The Morgan fingerprint density at radius 1 is 1.47 bits per heavy atom. The molecule has 0 bridgehead atoms. The van der Waals surface area contributed by atoms with E-state index in [1.807, 2.05) is 0 Å². The van der Waals surface area contributed by atoms with Gasteiger partial charge in [-0.1, -0.05) is 13.8 Å². The van der Waals surface area contributed by atoms with Crippen LogP contribution in [-0.2, 0) is 0 Å². The van der Waals surface area contributed by atoms with Crippen LogP contribution in [0.5, 0.6) is 0 Å². The molecule has 0 aliphatic heterocycles. The normalized spacial score (nSPS) is 18.5. The van der Waals surface area contributed by atoms with Gasteiger partial charge in [0.15, 0.2) is 0 Å². The molecule has 0 saturated heterocycles. The molecule has 0 unspecified atom stereocenters. The van der Waals surface area contributed by atoms with E-state index in [1.54, 1.807) is 0 Å². The van der Waals surface area contributed by atoms with Crippen LogP contribution in [0.4, 0.5) is 0 Å². The van der Waals surface area contributed by atoms with Gasteiger partial charge in [0, 0.05) is 26.1 Å². The van der Waals surface area contributed by atoms with Gasteiger partial charge >= 0.3 is 0 Å². The molecule has 15 heavy (non-hydrogen) atoms. The van der Waals surface area contributed by atoms with Crippen molar-refractivity contribution in [2.45, 2.75) is 39.5 Å². The molecule has 0 amide bonds. The number of nitrogens with one attached hydrogen (secondary N) is 1. The minimum Gasteiger partial charge on any atom is -0.396 e. The van der Waals surface area contributed by atoms with Crippen molar-refractivity contribution >= 4 is 0 Å². The number of hydrogen-bond donors (Lipinski definition) is 2. The van der Waals surface area contributed by atoms with Gasteiger partial charge in [0.25, 0.3) is 0 Å². The van der Waals surface area contributed by atoms with E-state index in [4.69, 9.17) is 10.4 Å². The summed E-state index contributed by atoms with van der Waals surface area (Å²) in [5.41, 5.74) is 0.432. The summed E-state index contributed by atoms with van der Waals surface area (Å²) in [6.45, 7) is 6.42. The van der Waals surface area contributed by atoms with Gasteiger partial charge in [-0.2, -0.15) is 5.26 Å². The molecular weight excluding hydrogens is 188 g/mol. The lowest BCUT2D eigenvalue weighted by Gasteiger charge is -2.25. The van der Waals surface area contributed by atoms with Crippen LogP contribution >= 0.6 is 0 Å². The quantitative estimate of drug-likeness (QED) is 0.672. The average Bonchev–Trinajstić information content (AvgIpc) is 2.85. The number of rotatable bonds is 7. The van der Waals surface area contributed by atoms with Gasteiger partial charge < -0.3 is 10.4 Å². The van der Waals surface area contributed by atoms with Crippen LogP contribution in [-0.4, -0.2) is 24.8 Å². The maximum atomic E-state index is 8.89. The molecule has 86 valence electrons. The van der Waals surface area contributed by atoms with Crippen LogP contribution in [0.15, 0.2) is 0 Å². The minimum absolute atomic E-state index is 0.150. The monoisotopic (exact) mass is 210 g/mol. The molecule has 3 nitrogen and oxygen atoms in total. The van der Waals surface area contributed by atoms with Crippen LogP contribution in [0.2, 0.25) is 0 Å². The summed E-state index contributed by atoms with van der Waals surface area (Å²) < 4.78 is 0. The maximum Gasteiger partial charge on any atom is 0.0628 e. The Labute approximate surface area is 92.5 Å². The summed E-state index contributed by atoms with van der Waals surface area (Å²) in [7, 11) is 0. The number of nitrogens with zero attached hydrogens (tertiary/aromatic N) is 1. The third kappa shape index (κ3) is 4.19. The van der Waals surface area contributed by atoms with E-state index < -0.39 is 0 Å². The molecule has 0 spiro atoms. The third-order valence-corrected chi connectivity index (χ3v) is 3.30. The zero-order chi connectivity index (χ0) is 11.4. The Balaban J connectivity index is 2.19. The largest absolute Gasteiger partial charge is 0.396 e. The van der Waals surface area contributed by atoms with Crippen molar-refractivity contribution in [1.82, 2.24) is 5.32 Å². The Kier molecular flexibility index (Phi) is 4.12. The molecule has 0 aromatic rings. The van der Waals surface area contributed by atoms with Gasteiger partial charge in [0.05, 0.1) is 6.07 Å². The fraction of sp³-hybridized carbons (Fsp3) is 0.917. The Hall–Kier alpha value is -0.590. The average molecular weight is 210 g/mol. The molecule has 1 saturated carbocycles. The number of hydrogen-bond acceptors (Lipinski definition) is 3. The second kappa shape index (κ2) is 4.96. The smallest absolute Gasteiger partial charge is 0.0628 e. The van der Waals surface area contributed by atoms with E-state index in [-0.39, 0.29) is 17.4 Å². The van der Waals surface area contributed by atoms with Crippen molar-refractivity contribution < 1.29 is 5.11 Å². The zero-order valence-electron chi connectivity index (χ0n) is 9.84. The van der Waals surface area contributed by atoms with Gasteiger partial charge in [0.1, 0.15) is 0 Å². The van der Waals surface area contributed by atoms with Crippen LogP contribution in [0.3, 0.4) is 0 Å². The molecule has 0 atom stereocenters. The van der Waals surface area contributed by atoms with Gasteiger partial charge in [-0.3, -0.25) is 0 Å². The SMILES string of the molecule is CC(C)(CCO)CNCC1(CC#N)CC1. The third-order valence-electron chi connectivity index (χ3n) is 3.30. The molecule has 1 rings (SSSR count). The molecular formula is C12H22N2O. The number of nitriles is 1. The van der Waals surface area contributed by atoms with Gasteiger partial charge in [-0.15, -0.1) is 0 Å². The molecule has 1 aliphatic carbocycles. The van der Waals surface area contributed by atoms with E-state index >= 15 is 0 Å². The van der Waals surface area contributed by atoms with E-state index in [0.29, 0.717) is 6.42 Å². The number of aliphatic hydroxyl groups excluding tert-OH is 1. The molecule has 1 fully saturated rings. The van der Waals surface area contributed by atoms with Gasteiger partial charge in [0.2, 0.25) is 0 Å². The Morgan fingerprint density at radius 3 is 2.60 bits per heavy atom. The lowest BCUT2D eigenvalue weighted by atomic mass is 9.89. The van der Waals surface area contributed by atoms with E-state index in [1.165, 1.54) is 12.8 Å². The van der Waals surface area contributed by atoms with E-state index in [9.17, 15) is 0 Å². The van der Waals surface area contributed by atoms with E-state index in [0.717, 1.165) is 19.5 Å². The second-order valence-corrected chi connectivity index (χ2v) is 5.58. The first-order chi connectivity index (χ1) is 7.04. The summed E-state index contributed by atoms with van der Waals surface area (Å²) in [6.07, 6.45) is 3.88. The van der Waals surface area contributed by atoms with E-state index in [2.05, 4.69) is 25.2 Å². The molecule has 3 heteroatoms. The van der Waals surface area contributed by atoms with Crippen LogP contribution < -0.4 is 5.32 Å². The highest BCUT2D eigenvalue weighted by atomic mass is 16.3. The fourth-order valence-electron chi connectivity index (χ4n) is 1.82. The van der Waals surface area contributed by atoms with Crippen molar-refractivity contribution in [3.8, 4) is 6.07 Å². The molecule has 1 aliphatic rings. The Bertz CT molecular complexity index is 238. The highest BCUT2D eigenvalue weighted by Crippen LogP contribution is 2.47. The maximum absolute atomic E-state index is 8.89. The van der Waals surface area contributed by atoms with Gasteiger partial charge in [-0.05, 0) is 30.1 Å². The standard InChI is InChI=1S/C12H22N2O/c1-11(2,6-8-15)9-14-10-12(3-4-12)5-7-13/h14-15H,3-6,8-10H2,1-2H3. The first kappa shape index (κ1) is 12.5. The van der Waals surface area contributed by atoms with Crippen molar-refractivity contribution in [2.24, 2.45) is 10.8 Å². The highest BCUT2D eigenvalue weighted by molar-refractivity contribution is 5.00. The first-order valence-corrected chi connectivity index (χ1v) is 5.72. The van der Waals surface area contributed by atoms with Crippen molar-refractivity contribution in [1.29, 1.82) is 5.26 Å². The highest BCUT2D eigenvalue weighted by Gasteiger charge is 2.42. The zero-order valence-corrected chi connectivity index (χ0v) is 9.84. The van der Waals surface area contributed by atoms with Crippen LogP contribution in [0.1, 0.15) is 39.5 Å². The van der Waals surface area contributed by atoms with Crippen LogP contribution in [0.25, 0.3) is 0 Å². The van der Waals surface area contributed by atoms with Crippen molar-refractivity contribution in [3.05, 3.63) is 0 Å². The minimum atomic E-state index is 0.150. The van der Waals surface area contributed by atoms with Crippen LogP contribution in [0, 0.1) is 22.2 Å². The topological polar surface area (TPSA) is 56.0 Å². The lowest BCUT2D eigenvalue weighted by molar-refractivity contribution is 0.204. The summed E-state index contributed by atoms with van der Waals surface area (Å²) in [5.74, 6) is 0. The Morgan fingerprint density at radius 2 is 2.13 bits per heavy atom. The summed E-state index contributed by atoms with van der Waals surface area (Å²) in [6, 6.07) is 2.26. The number of aliphatic hydroxyl groups is 1. The van der Waals surface area contributed by atoms with Crippen molar-refractivity contribution in [3.63, 3.8) is 0 Å². The summed E-state index contributed by atoms with van der Waals surface area (Å²) in [5, 5.41) is 21.0. The predicted molar refractivity (Wildman–Crippen MR) is 60.3 cm³/mol. The molecule has 0 aromatic heterocycles. The first-order valence-electron chi connectivity index (χ1n) is 5.72.